The zero-order chi connectivity index (χ0) is 51.2. The van der Waals surface area contributed by atoms with E-state index in [1.807, 2.05) is 196 Å². The van der Waals surface area contributed by atoms with Crippen LogP contribution in [0.4, 0.5) is 0 Å². The molecule has 7 aromatic rings. The van der Waals surface area contributed by atoms with Gasteiger partial charge in [0.15, 0.2) is 0 Å². The van der Waals surface area contributed by atoms with Crippen LogP contribution in [0.1, 0.15) is 80.9 Å². The molecule has 2 saturated heterocycles. The molecule has 74 heavy (non-hydrogen) atoms. The molecule has 2 heterocycles. The van der Waals surface area contributed by atoms with Gasteiger partial charge in [-0.2, -0.15) is 0 Å². The van der Waals surface area contributed by atoms with Crippen LogP contribution in [-0.2, 0) is 82.3 Å². The van der Waals surface area contributed by atoms with Gasteiger partial charge < -0.3 is 52.8 Å². The van der Waals surface area contributed by atoms with Crippen molar-refractivity contribution >= 4 is 5.97 Å². The Morgan fingerprint density at radius 1 is 0.392 bits per heavy atom. The fraction of sp³-hybridized carbons (Fsp3) is 0.306. The summed E-state index contributed by atoms with van der Waals surface area (Å²) in [6.07, 6.45) is -8.47. The van der Waals surface area contributed by atoms with Crippen molar-refractivity contribution in [1.29, 1.82) is 0 Å². The first-order chi connectivity index (χ1) is 36.2. The molecule has 2 aliphatic heterocycles. The minimum Gasteiger partial charge on any atom is -0.507 e. The third-order valence-corrected chi connectivity index (χ3v) is 13.6. The van der Waals surface area contributed by atoms with Crippen LogP contribution in [-0.4, -0.2) is 72.1 Å². The monoisotopic (exact) mass is 1000 g/mol. The van der Waals surface area contributed by atoms with Crippen LogP contribution >= 0.6 is 0 Å². The summed E-state index contributed by atoms with van der Waals surface area (Å²) in [6, 6.07) is 60.3. The van der Waals surface area contributed by atoms with Crippen molar-refractivity contribution in [2.75, 3.05) is 7.11 Å². The number of rotatable bonds is 21. The molecule has 0 amide bonds. The van der Waals surface area contributed by atoms with Crippen molar-refractivity contribution < 1.29 is 57.6 Å². The average Bonchev–Trinajstić information content (AvgIpc) is 3.44. The summed E-state index contributed by atoms with van der Waals surface area (Å²) in [5.41, 5.74) is 5.30. The lowest BCUT2D eigenvalue weighted by Gasteiger charge is -2.47. The van der Waals surface area contributed by atoms with Crippen molar-refractivity contribution in [1.82, 2.24) is 0 Å². The number of phenols is 2. The van der Waals surface area contributed by atoms with Crippen molar-refractivity contribution in [3.63, 3.8) is 0 Å². The molecule has 2 aliphatic rings. The van der Waals surface area contributed by atoms with Crippen molar-refractivity contribution in [3.05, 3.63) is 238 Å². The summed E-state index contributed by atoms with van der Waals surface area (Å²) in [7, 11) is 1.19. The summed E-state index contributed by atoms with van der Waals surface area (Å²) < 4.78 is 60.5. The highest BCUT2D eigenvalue weighted by Crippen LogP contribution is 2.49. The highest BCUT2D eigenvalue weighted by Gasteiger charge is 2.52. The number of carbonyl (C=O) groups is 1. The van der Waals surface area contributed by atoms with Crippen LogP contribution in [0, 0.1) is 0 Å². The fourth-order valence-corrected chi connectivity index (χ4v) is 9.76. The van der Waals surface area contributed by atoms with Crippen LogP contribution in [0.25, 0.3) is 0 Å². The molecule has 0 radical (unpaired) electrons. The molecular weight excluding hydrogens is 937 g/mol. The third-order valence-electron chi connectivity index (χ3n) is 13.6. The zero-order valence-electron chi connectivity index (χ0n) is 41.9. The topological polar surface area (TPSA) is 141 Å². The number of methoxy groups -OCH3 is 1. The van der Waals surface area contributed by atoms with Gasteiger partial charge in [0.2, 0.25) is 0 Å². The average molecular weight is 1000 g/mol. The van der Waals surface area contributed by atoms with Crippen LogP contribution in [0.2, 0.25) is 0 Å². The van der Waals surface area contributed by atoms with E-state index in [0.29, 0.717) is 0 Å². The molecule has 12 nitrogen and oxygen atoms in total. The molecule has 0 aromatic heterocycles. The molecule has 0 saturated carbocycles. The second-order valence-corrected chi connectivity index (χ2v) is 18.7. The van der Waals surface area contributed by atoms with Crippen LogP contribution < -0.4 is 0 Å². The Kier molecular flexibility index (Phi) is 18.0. The molecule has 2 fully saturated rings. The SMILES string of the molecule is COC(=O)c1c(O)c([C@H]2O[C@@H](C)[C@@H](OCc3ccccc3)[C@@H](OCc3ccccc3)[C@@H]2OCc2ccccc2)cc([C@H]2O[C@@H](C)[C@@H](OCc3ccccc3)[C@@H](OCc3ccccc3)[C@@H]2OCc2ccccc2)c1O. The third kappa shape index (κ3) is 12.8. The standard InChI is InChI=1S/C62H64O12/c1-41-54(67-35-43-22-10-4-11-23-43)58(69-37-45-26-14-6-15-27-45)60(71-39-47-30-18-8-19-31-47)56(73-41)49-34-50(53(64)51(52(49)63)62(65)66-3)57-61(72-40-48-32-20-9-21-33-48)59(70-38-46-28-16-7-17-29-46)55(42(2)74-57)68-36-44-24-12-5-13-25-44/h4-34,41-42,54-61,63-64H,35-40H2,1-3H3/t41-,42-,54+,55+,56+,57+,58+,59+,60+,61+/m0/s1. The van der Waals surface area contributed by atoms with Gasteiger partial charge in [-0.05, 0) is 53.3 Å². The van der Waals surface area contributed by atoms with Crippen molar-refractivity contribution in [3.8, 4) is 11.5 Å². The molecule has 0 unspecified atom stereocenters. The second-order valence-electron chi connectivity index (χ2n) is 18.7. The molecular formula is C62H64O12. The molecule has 2 N–H and O–H groups in total. The van der Waals surface area contributed by atoms with Gasteiger partial charge in [0.25, 0.3) is 0 Å². The number of benzene rings is 7. The summed E-state index contributed by atoms with van der Waals surface area (Å²) >= 11 is 0. The smallest absolute Gasteiger partial charge is 0.345 e. The van der Waals surface area contributed by atoms with Gasteiger partial charge in [0.1, 0.15) is 65.9 Å². The van der Waals surface area contributed by atoms with Crippen LogP contribution in [0.3, 0.4) is 0 Å². The van der Waals surface area contributed by atoms with Gasteiger partial charge >= 0.3 is 5.97 Å². The number of carbonyl (C=O) groups excluding carboxylic acids is 1. The Bertz CT molecular complexity index is 2620. The predicted octanol–water partition coefficient (Wildman–Crippen LogP) is 11.3. The lowest BCUT2D eigenvalue weighted by atomic mass is 9.85. The highest BCUT2D eigenvalue weighted by molar-refractivity contribution is 5.96. The van der Waals surface area contributed by atoms with Gasteiger partial charge in [-0.1, -0.05) is 182 Å². The lowest BCUT2D eigenvalue weighted by molar-refractivity contribution is -0.265. The summed E-state index contributed by atoms with van der Waals surface area (Å²) in [4.78, 5) is 14.1. The first-order valence-corrected chi connectivity index (χ1v) is 25.2. The van der Waals surface area contributed by atoms with E-state index < -0.39 is 84.1 Å². The Morgan fingerprint density at radius 2 is 0.635 bits per heavy atom. The maximum absolute atomic E-state index is 14.1. The van der Waals surface area contributed by atoms with E-state index in [0.717, 1.165) is 33.4 Å². The molecule has 384 valence electrons. The van der Waals surface area contributed by atoms with Crippen LogP contribution in [0.15, 0.2) is 188 Å². The molecule has 0 aliphatic carbocycles. The first kappa shape index (κ1) is 52.2. The van der Waals surface area contributed by atoms with Crippen molar-refractivity contribution in [2.24, 2.45) is 0 Å². The molecule has 0 bridgehead atoms. The number of ether oxygens (including phenoxy) is 9. The molecule has 7 aromatic carbocycles. The van der Waals surface area contributed by atoms with E-state index in [9.17, 15) is 15.0 Å². The Balaban J connectivity index is 1.16. The lowest BCUT2D eigenvalue weighted by Crippen LogP contribution is -2.56. The van der Waals surface area contributed by atoms with E-state index in [1.165, 1.54) is 7.11 Å². The maximum Gasteiger partial charge on any atom is 0.345 e. The number of hydrogen-bond acceptors (Lipinski definition) is 12. The summed E-state index contributed by atoms with van der Waals surface area (Å²) in [5.74, 6) is -2.09. The van der Waals surface area contributed by atoms with Gasteiger partial charge in [-0.25, -0.2) is 4.79 Å². The van der Waals surface area contributed by atoms with Gasteiger partial charge in [0, 0.05) is 11.1 Å². The number of phenolic OH excluding ortho intramolecular Hbond substituents is 2. The quantitative estimate of drug-likeness (QED) is 0.0662. The number of aromatic hydroxyl groups is 2. The van der Waals surface area contributed by atoms with Crippen LogP contribution in [0.5, 0.6) is 11.5 Å². The van der Waals surface area contributed by atoms with Gasteiger partial charge in [0.05, 0.1) is 59.0 Å². The van der Waals surface area contributed by atoms with E-state index in [-0.39, 0.29) is 50.8 Å². The largest absolute Gasteiger partial charge is 0.507 e. The minimum absolute atomic E-state index is 0.125. The maximum atomic E-state index is 14.1. The van der Waals surface area contributed by atoms with E-state index >= 15 is 0 Å². The molecule has 0 spiro atoms. The fourth-order valence-electron chi connectivity index (χ4n) is 9.76. The second kappa shape index (κ2) is 25.5. The normalized spacial score (nSPS) is 23.8. The molecule has 10 atom stereocenters. The Hall–Kier alpha value is -6.71. The Labute approximate surface area is 433 Å². The molecule has 12 heteroatoms. The zero-order valence-corrected chi connectivity index (χ0v) is 41.9. The Morgan fingerprint density at radius 3 is 0.892 bits per heavy atom. The highest BCUT2D eigenvalue weighted by atomic mass is 16.6. The first-order valence-electron chi connectivity index (χ1n) is 25.2. The van der Waals surface area contributed by atoms with Gasteiger partial charge in [-0.3, -0.25) is 0 Å². The predicted molar refractivity (Wildman–Crippen MR) is 278 cm³/mol. The number of esters is 1. The minimum atomic E-state index is -1.12. The summed E-state index contributed by atoms with van der Waals surface area (Å²) in [6.45, 7) is 4.96. The van der Waals surface area contributed by atoms with E-state index in [1.54, 1.807) is 6.07 Å². The summed E-state index contributed by atoms with van der Waals surface area (Å²) in [5, 5.41) is 25.0. The van der Waals surface area contributed by atoms with E-state index in [4.69, 9.17) is 42.6 Å². The molecule has 9 rings (SSSR count). The number of hydrogen-bond donors (Lipinski definition) is 2. The van der Waals surface area contributed by atoms with E-state index in [2.05, 4.69) is 0 Å². The van der Waals surface area contributed by atoms with Gasteiger partial charge in [-0.15, -0.1) is 0 Å². The van der Waals surface area contributed by atoms with Crippen molar-refractivity contribution in [2.45, 2.75) is 115 Å².